The number of hydrogen-bond donors (Lipinski definition) is 1. The zero-order chi connectivity index (χ0) is 11.1. The van der Waals surface area contributed by atoms with Gasteiger partial charge in [-0.15, -0.1) is 0 Å². The molecule has 0 aliphatic carbocycles. The molecule has 4 heteroatoms. The quantitative estimate of drug-likeness (QED) is 0.796. The van der Waals surface area contributed by atoms with Gasteiger partial charge in [0.1, 0.15) is 5.76 Å². The Balaban J connectivity index is 2.22. The molecule has 1 N–H and O–H groups in total. The molecule has 80 valence electrons. The van der Waals surface area contributed by atoms with Crippen LogP contribution in [-0.2, 0) is 11.2 Å². The van der Waals surface area contributed by atoms with E-state index in [0.717, 1.165) is 5.76 Å². The van der Waals surface area contributed by atoms with Crippen LogP contribution >= 0.6 is 0 Å². The standard InChI is InChI=1S/C11H14N2O2/c1-9(6-7-12)13-11(14)5-4-10-3-2-8-15-10/h2-3,8-9H,4-6H2,1H3,(H,13,14). The summed E-state index contributed by atoms with van der Waals surface area (Å²) in [6.45, 7) is 1.81. The van der Waals surface area contributed by atoms with Gasteiger partial charge in [-0.25, -0.2) is 0 Å². The summed E-state index contributed by atoms with van der Waals surface area (Å²) in [6, 6.07) is 5.56. The average molecular weight is 206 g/mol. The molecule has 1 atom stereocenters. The van der Waals surface area contributed by atoms with E-state index in [1.165, 1.54) is 0 Å². The second-order valence-electron chi connectivity index (χ2n) is 3.41. The Kier molecular flexibility index (Phi) is 4.42. The number of carbonyl (C=O) groups excluding carboxylic acids is 1. The predicted octanol–water partition coefficient (Wildman–Crippen LogP) is 1.63. The molecular formula is C11H14N2O2. The van der Waals surface area contributed by atoms with Crippen molar-refractivity contribution in [3.63, 3.8) is 0 Å². The van der Waals surface area contributed by atoms with Gasteiger partial charge in [0.05, 0.1) is 18.8 Å². The van der Waals surface area contributed by atoms with E-state index in [0.29, 0.717) is 19.3 Å². The maximum Gasteiger partial charge on any atom is 0.220 e. The fraction of sp³-hybridized carbons (Fsp3) is 0.455. The molecule has 1 aromatic heterocycles. The molecule has 0 saturated carbocycles. The summed E-state index contributed by atoms with van der Waals surface area (Å²) in [5, 5.41) is 11.2. The minimum atomic E-state index is -0.0842. The van der Waals surface area contributed by atoms with Crippen molar-refractivity contribution in [3.8, 4) is 6.07 Å². The SMILES string of the molecule is CC(CC#N)NC(=O)CCc1ccco1. The number of carbonyl (C=O) groups is 1. The van der Waals surface area contributed by atoms with E-state index in [2.05, 4.69) is 5.32 Å². The Morgan fingerprint density at radius 2 is 2.53 bits per heavy atom. The van der Waals surface area contributed by atoms with Gasteiger partial charge in [0, 0.05) is 18.9 Å². The molecule has 0 saturated heterocycles. The lowest BCUT2D eigenvalue weighted by Crippen LogP contribution is -2.32. The van der Waals surface area contributed by atoms with E-state index in [1.807, 2.05) is 19.1 Å². The van der Waals surface area contributed by atoms with Crippen LogP contribution in [0.1, 0.15) is 25.5 Å². The van der Waals surface area contributed by atoms with Crippen molar-refractivity contribution in [2.75, 3.05) is 0 Å². The number of nitrogens with one attached hydrogen (secondary N) is 1. The second-order valence-corrected chi connectivity index (χ2v) is 3.41. The van der Waals surface area contributed by atoms with E-state index >= 15 is 0 Å². The van der Waals surface area contributed by atoms with Crippen molar-refractivity contribution >= 4 is 5.91 Å². The Bertz CT molecular complexity index is 338. The lowest BCUT2D eigenvalue weighted by molar-refractivity contribution is -0.121. The molecule has 0 spiro atoms. The van der Waals surface area contributed by atoms with Gasteiger partial charge in [0.2, 0.25) is 5.91 Å². The van der Waals surface area contributed by atoms with Crippen molar-refractivity contribution in [2.24, 2.45) is 0 Å². The second kappa shape index (κ2) is 5.86. The van der Waals surface area contributed by atoms with Crippen LogP contribution in [0.15, 0.2) is 22.8 Å². The molecule has 0 aliphatic rings. The third-order valence-corrected chi connectivity index (χ3v) is 1.98. The number of rotatable bonds is 5. The van der Waals surface area contributed by atoms with Crippen LogP contribution in [0.5, 0.6) is 0 Å². The number of nitriles is 1. The Morgan fingerprint density at radius 1 is 1.73 bits per heavy atom. The van der Waals surface area contributed by atoms with Gasteiger partial charge in [0.25, 0.3) is 0 Å². The summed E-state index contributed by atoms with van der Waals surface area (Å²) >= 11 is 0. The van der Waals surface area contributed by atoms with Crippen LogP contribution in [0.4, 0.5) is 0 Å². The predicted molar refractivity (Wildman–Crippen MR) is 54.9 cm³/mol. The summed E-state index contributed by atoms with van der Waals surface area (Å²) in [6.07, 6.45) is 2.92. The maximum atomic E-state index is 11.4. The summed E-state index contributed by atoms with van der Waals surface area (Å²) in [5.74, 6) is 0.757. The highest BCUT2D eigenvalue weighted by Crippen LogP contribution is 2.03. The normalized spacial score (nSPS) is 11.7. The molecular weight excluding hydrogens is 192 g/mol. The minimum absolute atomic E-state index is 0.0471. The molecule has 15 heavy (non-hydrogen) atoms. The van der Waals surface area contributed by atoms with E-state index in [9.17, 15) is 4.79 Å². The molecule has 0 aliphatic heterocycles. The van der Waals surface area contributed by atoms with Gasteiger partial charge in [-0.3, -0.25) is 4.79 Å². The molecule has 0 aromatic carbocycles. The highest BCUT2D eigenvalue weighted by Gasteiger charge is 2.07. The molecule has 1 rings (SSSR count). The van der Waals surface area contributed by atoms with E-state index in [4.69, 9.17) is 9.68 Å². The number of amides is 1. The molecule has 1 heterocycles. The van der Waals surface area contributed by atoms with Gasteiger partial charge in [-0.1, -0.05) is 0 Å². The van der Waals surface area contributed by atoms with Crippen molar-refractivity contribution in [3.05, 3.63) is 24.2 Å². The fourth-order valence-electron chi connectivity index (χ4n) is 1.23. The summed E-state index contributed by atoms with van der Waals surface area (Å²) in [7, 11) is 0. The third kappa shape index (κ3) is 4.32. The van der Waals surface area contributed by atoms with Gasteiger partial charge < -0.3 is 9.73 Å². The first kappa shape index (κ1) is 11.3. The zero-order valence-corrected chi connectivity index (χ0v) is 8.69. The number of aryl methyl sites for hydroxylation is 1. The Hall–Kier alpha value is -1.76. The summed E-state index contributed by atoms with van der Waals surface area (Å²) < 4.78 is 5.10. The monoisotopic (exact) mass is 206 g/mol. The van der Waals surface area contributed by atoms with Crippen LogP contribution in [-0.4, -0.2) is 11.9 Å². The van der Waals surface area contributed by atoms with Gasteiger partial charge in [-0.2, -0.15) is 5.26 Å². The average Bonchev–Trinajstić information content (AvgIpc) is 2.67. The van der Waals surface area contributed by atoms with Crippen molar-refractivity contribution < 1.29 is 9.21 Å². The summed E-state index contributed by atoms with van der Waals surface area (Å²) in [5.41, 5.74) is 0. The number of hydrogen-bond acceptors (Lipinski definition) is 3. The molecule has 1 unspecified atom stereocenters. The molecule has 0 radical (unpaired) electrons. The topological polar surface area (TPSA) is 66.0 Å². The van der Waals surface area contributed by atoms with Crippen LogP contribution in [0.25, 0.3) is 0 Å². The summed E-state index contributed by atoms with van der Waals surface area (Å²) in [4.78, 5) is 11.4. The first-order valence-electron chi connectivity index (χ1n) is 4.91. The van der Waals surface area contributed by atoms with E-state index in [-0.39, 0.29) is 11.9 Å². The largest absolute Gasteiger partial charge is 0.469 e. The van der Waals surface area contributed by atoms with Crippen LogP contribution in [0, 0.1) is 11.3 Å². The number of furan rings is 1. The van der Waals surface area contributed by atoms with Crippen molar-refractivity contribution in [1.29, 1.82) is 5.26 Å². The molecule has 0 fully saturated rings. The maximum absolute atomic E-state index is 11.4. The molecule has 1 amide bonds. The fourth-order valence-corrected chi connectivity index (χ4v) is 1.23. The smallest absolute Gasteiger partial charge is 0.220 e. The van der Waals surface area contributed by atoms with Crippen LogP contribution < -0.4 is 5.32 Å². The third-order valence-electron chi connectivity index (χ3n) is 1.98. The zero-order valence-electron chi connectivity index (χ0n) is 8.69. The highest BCUT2D eigenvalue weighted by molar-refractivity contribution is 5.76. The minimum Gasteiger partial charge on any atom is -0.469 e. The number of nitrogens with zero attached hydrogens (tertiary/aromatic N) is 1. The molecule has 0 bridgehead atoms. The van der Waals surface area contributed by atoms with E-state index in [1.54, 1.807) is 12.3 Å². The van der Waals surface area contributed by atoms with Gasteiger partial charge in [0.15, 0.2) is 0 Å². The van der Waals surface area contributed by atoms with Crippen LogP contribution in [0.2, 0.25) is 0 Å². The molecule has 1 aromatic rings. The molecule has 4 nitrogen and oxygen atoms in total. The Morgan fingerprint density at radius 3 is 3.13 bits per heavy atom. The van der Waals surface area contributed by atoms with Gasteiger partial charge >= 0.3 is 0 Å². The van der Waals surface area contributed by atoms with Crippen LogP contribution in [0.3, 0.4) is 0 Å². The lowest BCUT2D eigenvalue weighted by atomic mass is 10.2. The Labute approximate surface area is 88.9 Å². The van der Waals surface area contributed by atoms with Crippen molar-refractivity contribution in [2.45, 2.75) is 32.2 Å². The first-order chi connectivity index (χ1) is 7.22. The first-order valence-corrected chi connectivity index (χ1v) is 4.91. The van der Waals surface area contributed by atoms with Crippen molar-refractivity contribution in [1.82, 2.24) is 5.32 Å². The highest BCUT2D eigenvalue weighted by atomic mass is 16.3. The van der Waals surface area contributed by atoms with E-state index < -0.39 is 0 Å². The lowest BCUT2D eigenvalue weighted by Gasteiger charge is -2.09. The van der Waals surface area contributed by atoms with Gasteiger partial charge in [-0.05, 0) is 19.1 Å².